The molecule has 0 bridgehead atoms. The first-order valence-electron chi connectivity index (χ1n) is 6.99. The number of aromatic nitrogens is 1. The number of nitrogens with zero attached hydrogens (tertiary/aromatic N) is 1. The molecule has 0 fully saturated rings. The zero-order chi connectivity index (χ0) is 14.2. The molecule has 0 unspecified atom stereocenters. The number of anilines is 1. The number of pyridine rings is 1. The Balaban J connectivity index is 2.79. The second-order valence-corrected chi connectivity index (χ2v) is 6.31. The predicted octanol–water partition coefficient (Wildman–Crippen LogP) is 4.58. The Labute approximate surface area is 116 Å². The summed E-state index contributed by atoms with van der Waals surface area (Å²) in [6, 6.07) is 6.63. The third kappa shape index (κ3) is 2.73. The summed E-state index contributed by atoms with van der Waals surface area (Å²) in [5.74, 6) is 0. The highest BCUT2D eigenvalue weighted by molar-refractivity contribution is 5.94. The van der Waals surface area contributed by atoms with E-state index in [9.17, 15) is 0 Å². The van der Waals surface area contributed by atoms with E-state index in [1.165, 1.54) is 22.2 Å². The quantitative estimate of drug-likeness (QED) is 0.850. The van der Waals surface area contributed by atoms with Gasteiger partial charge in [0.15, 0.2) is 0 Å². The highest BCUT2D eigenvalue weighted by atomic mass is 14.9. The van der Waals surface area contributed by atoms with E-state index in [-0.39, 0.29) is 5.41 Å². The summed E-state index contributed by atoms with van der Waals surface area (Å²) in [6.07, 6.45) is 0. The smallest absolute Gasteiger partial charge is 0.0755 e. The van der Waals surface area contributed by atoms with Crippen molar-refractivity contribution in [3.8, 4) is 0 Å². The van der Waals surface area contributed by atoms with E-state index in [1.807, 2.05) is 0 Å². The van der Waals surface area contributed by atoms with Gasteiger partial charge in [0.05, 0.1) is 5.52 Å². The third-order valence-electron chi connectivity index (χ3n) is 3.38. The summed E-state index contributed by atoms with van der Waals surface area (Å²) in [7, 11) is 0. The van der Waals surface area contributed by atoms with Gasteiger partial charge in [-0.15, -0.1) is 0 Å². The topological polar surface area (TPSA) is 24.9 Å². The molecule has 0 aliphatic rings. The summed E-state index contributed by atoms with van der Waals surface area (Å²) >= 11 is 0. The van der Waals surface area contributed by atoms with Gasteiger partial charge in [0.2, 0.25) is 0 Å². The first-order valence-corrected chi connectivity index (χ1v) is 6.99. The lowest BCUT2D eigenvalue weighted by Gasteiger charge is -2.21. The summed E-state index contributed by atoms with van der Waals surface area (Å²) < 4.78 is 0. The van der Waals surface area contributed by atoms with Gasteiger partial charge in [0, 0.05) is 28.7 Å². The van der Waals surface area contributed by atoms with Crippen LogP contribution in [0, 0.1) is 13.8 Å². The Morgan fingerprint density at radius 1 is 1.11 bits per heavy atom. The fraction of sp³-hybridized carbons (Fsp3) is 0.471. The molecule has 2 nitrogen and oxygen atoms in total. The minimum Gasteiger partial charge on any atom is -0.385 e. The van der Waals surface area contributed by atoms with Crippen LogP contribution in [0.4, 0.5) is 5.69 Å². The molecule has 102 valence electrons. The van der Waals surface area contributed by atoms with Crippen LogP contribution < -0.4 is 5.32 Å². The van der Waals surface area contributed by atoms with Crippen molar-refractivity contribution in [3.63, 3.8) is 0 Å². The number of fused-ring (bicyclic) bond motifs is 1. The lowest BCUT2D eigenvalue weighted by atomic mass is 9.90. The average molecular weight is 256 g/mol. The normalized spacial score (nSPS) is 11.9. The fourth-order valence-corrected chi connectivity index (χ4v) is 2.40. The maximum atomic E-state index is 4.89. The molecule has 1 N–H and O–H groups in total. The van der Waals surface area contributed by atoms with Crippen LogP contribution in [0.3, 0.4) is 0 Å². The van der Waals surface area contributed by atoms with Crippen molar-refractivity contribution in [2.75, 3.05) is 11.9 Å². The van der Waals surface area contributed by atoms with Gasteiger partial charge in [-0.3, -0.25) is 4.98 Å². The van der Waals surface area contributed by atoms with Crippen LogP contribution in [-0.4, -0.2) is 11.5 Å². The van der Waals surface area contributed by atoms with E-state index in [4.69, 9.17) is 4.98 Å². The molecule has 0 saturated carbocycles. The minimum absolute atomic E-state index is 0.0652. The Hall–Kier alpha value is -1.57. The molecule has 1 aromatic carbocycles. The van der Waals surface area contributed by atoms with Crippen molar-refractivity contribution < 1.29 is 0 Å². The van der Waals surface area contributed by atoms with Crippen LogP contribution in [0.5, 0.6) is 0 Å². The van der Waals surface area contributed by atoms with Gasteiger partial charge in [-0.2, -0.15) is 0 Å². The van der Waals surface area contributed by atoms with Crippen molar-refractivity contribution in [2.45, 2.75) is 47.0 Å². The first kappa shape index (κ1) is 13.9. The number of nitrogens with one attached hydrogen (secondary N) is 1. The lowest BCUT2D eigenvalue weighted by Crippen LogP contribution is -2.14. The largest absolute Gasteiger partial charge is 0.385 e. The highest BCUT2D eigenvalue weighted by Crippen LogP contribution is 2.31. The molecule has 0 aliphatic heterocycles. The van der Waals surface area contributed by atoms with Crippen molar-refractivity contribution in [2.24, 2.45) is 0 Å². The van der Waals surface area contributed by atoms with Gasteiger partial charge in [-0.1, -0.05) is 32.4 Å². The van der Waals surface area contributed by atoms with Crippen molar-refractivity contribution in [1.82, 2.24) is 4.98 Å². The van der Waals surface area contributed by atoms with E-state index in [0.717, 1.165) is 17.8 Å². The Kier molecular flexibility index (Phi) is 3.53. The van der Waals surface area contributed by atoms with Crippen molar-refractivity contribution in [1.29, 1.82) is 0 Å². The van der Waals surface area contributed by atoms with Crippen LogP contribution in [0.1, 0.15) is 44.5 Å². The van der Waals surface area contributed by atoms with Crippen LogP contribution in [0.15, 0.2) is 18.2 Å². The maximum Gasteiger partial charge on any atom is 0.0755 e. The van der Waals surface area contributed by atoms with Gasteiger partial charge in [-0.05, 0) is 38.5 Å². The maximum absolute atomic E-state index is 4.89. The highest BCUT2D eigenvalue weighted by Gasteiger charge is 2.18. The van der Waals surface area contributed by atoms with E-state index >= 15 is 0 Å². The molecule has 0 spiro atoms. The van der Waals surface area contributed by atoms with Gasteiger partial charge < -0.3 is 5.32 Å². The summed E-state index contributed by atoms with van der Waals surface area (Å²) in [4.78, 5) is 4.89. The number of hydrogen-bond donors (Lipinski definition) is 1. The molecule has 1 heterocycles. The Morgan fingerprint density at radius 2 is 1.79 bits per heavy atom. The van der Waals surface area contributed by atoms with E-state index in [1.54, 1.807) is 0 Å². The van der Waals surface area contributed by atoms with Gasteiger partial charge >= 0.3 is 0 Å². The summed E-state index contributed by atoms with van der Waals surface area (Å²) in [6.45, 7) is 14.0. The first-order chi connectivity index (χ1) is 8.82. The second kappa shape index (κ2) is 4.84. The molecule has 2 rings (SSSR count). The molecule has 2 heteroatoms. The monoisotopic (exact) mass is 256 g/mol. The van der Waals surface area contributed by atoms with Crippen LogP contribution >= 0.6 is 0 Å². The molecule has 0 atom stereocenters. The Morgan fingerprint density at radius 3 is 2.37 bits per heavy atom. The number of hydrogen-bond acceptors (Lipinski definition) is 2. The van der Waals surface area contributed by atoms with Crippen LogP contribution in [0.25, 0.3) is 10.9 Å². The minimum atomic E-state index is 0.0652. The number of aryl methyl sites for hydroxylation is 2. The second-order valence-electron chi connectivity index (χ2n) is 6.31. The predicted molar refractivity (Wildman–Crippen MR) is 84.1 cm³/mol. The molecular formula is C17H24N2. The lowest BCUT2D eigenvalue weighted by molar-refractivity contribution is 0.571. The SMILES string of the molecule is CCNc1cc(C(C)(C)C)nc2c(C)cc(C)cc12. The number of benzene rings is 1. The number of rotatable bonds is 2. The molecule has 1 aromatic heterocycles. The van der Waals surface area contributed by atoms with Gasteiger partial charge in [0.25, 0.3) is 0 Å². The standard InChI is InChI=1S/C17H24N2/c1-7-18-14-10-15(17(4,5)6)19-16-12(3)8-11(2)9-13(14)16/h8-10H,7H2,1-6H3,(H,18,19). The Bertz CT molecular complexity index is 607. The molecular weight excluding hydrogens is 232 g/mol. The van der Waals surface area contributed by atoms with Gasteiger partial charge in [-0.25, -0.2) is 0 Å². The van der Waals surface area contributed by atoms with Crippen molar-refractivity contribution in [3.05, 3.63) is 35.0 Å². The van der Waals surface area contributed by atoms with E-state index in [0.29, 0.717) is 0 Å². The fourth-order valence-electron chi connectivity index (χ4n) is 2.40. The van der Waals surface area contributed by atoms with E-state index in [2.05, 4.69) is 65.1 Å². The molecule has 0 radical (unpaired) electrons. The average Bonchev–Trinajstić information content (AvgIpc) is 2.28. The zero-order valence-electron chi connectivity index (χ0n) is 12.9. The van der Waals surface area contributed by atoms with Crippen LogP contribution in [-0.2, 0) is 5.41 Å². The molecule has 19 heavy (non-hydrogen) atoms. The van der Waals surface area contributed by atoms with Crippen LogP contribution in [0.2, 0.25) is 0 Å². The molecule has 0 amide bonds. The van der Waals surface area contributed by atoms with E-state index < -0.39 is 0 Å². The third-order valence-corrected chi connectivity index (χ3v) is 3.38. The molecule has 2 aromatic rings. The summed E-state index contributed by atoms with van der Waals surface area (Å²) in [5.41, 5.74) is 6.06. The zero-order valence-corrected chi connectivity index (χ0v) is 12.9. The molecule has 0 saturated heterocycles. The van der Waals surface area contributed by atoms with Crippen molar-refractivity contribution >= 4 is 16.6 Å². The van der Waals surface area contributed by atoms with Gasteiger partial charge in [0.1, 0.15) is 0 Å². The summed E-state index contributed by atoms with van der Waals surface area (Å²) in [5, 5.41) is 4.71. The molecule has 0 aliphatic carbocycles.